The van der Waals surface area contributed by atoms with Crippen molar-refractivity contribution in [1.82, 2.24) is 10.2 Å². The smallest absolute Gasteiger partial charge is 0.223 e. The fraction of sp³-hybridized carbons (Fsp3) is 0.933. The molecule has 0 radical (unpaired) electrons. The third-order valence-electron chi connectivity index (χ3n) is 4.69. The van der Waals surface area contributed by atoms with Gasteiger partial charge in [0.05, 0.1) is 0 Å². The van der Waals surface area contributed by atoms with Gasteiger partial charge in [-0.1, -0.05) is 6.92 Å². The molecule has 0 bridgehead atoms. The summed E-state index contributed by atoms with van der Waals surface area (Å²) < 4.78 is 0. The largest absolute Gasteiger partial charge is 0.354 e. The van der Waals surface area contributed by atoms with E-state index in [0.717, 1.165) is 25.8 Å². The number of nitrogens with two attached hydrogens (primary N) is 1. The standard InChI is InChI=1S/C15H29N3O/c1-11-7-13(9-14(16)8-11)15(19)17-10-12(2)18-5-3-4-6-18/h11-14H,3-10,16H2,1-2H3,(H,17,19). The summed E-state index contributed by atoms with van der Waals surface area (Å²) in [6.07, 6.45) is 5.51. The van der Waals surface area contributed by atoms with E-state index in [9.17, 15) is 4.79 Å². The summed E-state index contributed by atoms with van der Waals surface area (Å²) in [7, 11) is 0. The van der Waals surface area contributed by atoms with Gasteiger partial charge in [-0.3, -0.25) is 9.69 Å². The minimum atomic E-state index is 0.129. The van der Waals surface area contributed by atoms with Gasteiger partial charge in [-0.2, -0.15) is 0 Å². The molecule has 3 N–H and O–H groups in total. The van der Waals surface area contributed by atoms with E-state index in [1.807, 2.05) is 0 Å². The molecule has 110 valence electrons. The molecule has 1 aliphatic heterocycles. The predicted octanol–water partition coefficient (Wildman–Crippen LogP) is 1.35. The minimum Gasteiger partial charge on any atom is -0.354 e. The molecule has 4 nitrogen and oxygen atoms in total. The van der Waals surface area contributed by atoms with Gasteiger partial charge in [0.1, 0.15) is 0 Å². The highest BCUT2D eigenvalue weighted by Crippen LogP contribution is 2.28. The second-order valence-electron chi connectivity index (χ2n) is 6.61. The molecule has 2 rings (SSSR count). The van der Waals surface area contributed by atoms with E-state index >= 15 is 0 Å². The monoisotopic (exact) mass is 267 g/mol. The van der Waals surface area contributed by atoms with E-state index in [1.54, 1.807) is 0 Å². The molecule has 4 unspecified atom stereocenters. The van der Waals surface area contributed by atoms with Crippen LogP contribution < -0.4 is 11.1 Å². The Bertz CT molecular complexity index is 292. The van der Waals surface area contributed by atoms with E-state index < -0.39 is 0 Å². The molecule has 0 aromatic rings. The van der Waals surface area contributed by atoms with E-state index in [2.05, 4.69) is 24.1 Å². The van der Waals surface area contributed by atoms with Crippen LogP contribution in [-0.2, 0) is 4.79 Å². The molecule has 1 saturated carbocycles. The Balaban J connectivity index is 1.74. The highest BCUT2D eigenvalue weighted by molar-refractivity contribution is 5.78. The number of carbonyl (C=O) groups excluding carboxylic acids is 1. The van der Waals surface area contributed by atoms with Crippen molar-refractivity contribution in [3.63, 3.8) is 0 Å². The molecule has 0 aromatic heterocycles. The second kappa shape index (κ2) is 6.71. The predicted molar refractivity (Wildman–Crippen MR) is 77.8 cm³/mol. The topological polar surface area (TPSA) is 58.4 Å². The Labute approximate surface area is 117 Å². The summed E-state index contributed by atoms with van der Waals surface area (Å²) in [5, 5.41) is 3.13. The Morgan fingerprint density at radius 1 is 1.32 bits per heavy atom. The summed E-state index contributed by atoms with van der Waals surface area (Å²) in [6.45, 7) is 7.55. The normalized spacial score (nSPS) is 34.2. The van der Waals surface area contributed by atoms with Crippen molar-refractivity contribution in [2.24, 2.45) is 17.6 Å². The Kier molecular flexibility index (Phi) is 5.22. The fourth-order valence-electron chi connectivity index (χ4n) is 3.57. The molecule has 2 fully saturated rings. The van der Waals surface area contributed by atoms with Gasteiger partial charge >= 0.3 is 0 Å². The molecule has 1 heterocycles. The van der Waals surface area contributed by atoms with Gasteiger partial charge in [0.2, 0.25) is 5.91 Å². The third-order valence-corrected chi connectivity index (χ3v) is 4.69. The first-order chi connectivity index (χ1) is 9.06. The number of hydrogen-bond donors (Lipinski definition) is 2. The summed E-state index contributed by atoms with van der Waals surface area (Å²) in [6, 6.07) is 0.664. The van der Waals surface area contributed by atoms with Crippen LogP contribution in [0.2, 0.25) is 0 Å². The van der Waals surface area contributed by atoms with Crippen LogP contribution in [0.1, 0.15) is 46.0 Å². The average molecular weight is 267 g/mol. The maximum Gasteiger partial charge on any atom is 0.223 e. The first-order valence-corrected chi connectivity index (χ1v) is 7.83. The number of nitrogens with zero attached hydrogens (tertiary/aromatic N) is 1. The Hall–Kier alpha value is -0.610. The van der Waals surface area contributed by atoms with Crippen LogP contribution in [-0.4, -0.2) is 42.5 Å². The molecular formula is C15H29N3O. The van der Waals surface area contributed by atoms with Gasteiger partial charge in [-0.05, 0) is 58.0 Å². The molecule has 2 aliphatic rings. The number of likely N-dealkylation sites (tertiary alicyclic amines) is 1. The van der Waals surface area contributed by atoms with Crippen molar-refractivity contribution < 1.29 is 4.79 Å². The van der Waals surface area contributed by atoms with Gasteiger partial charge in [0.15, 0.2) is 0 Å². The lowest BCUT2D eigenvalue weighted by Gasteiger charge is -2.31. The van der Waals surface area contributed by atoms with Crippen LogP contribution in [0.3, 0.4) is 0 Å². The van der Waals surface area contributed by atoms with Crippen molar-refractivity contribution >= 4 is 5.91 Å². The van der Waals surface area contributed by atoms with E-state index in [4.69, 9.17) is 5.73 Å². The number of nitrogens with one attached hydrogen (secondary N) is 1. The van der Waals surface area contributed by atoms with E-state index in [-0.39, 0.29) is 17.9 Å². The van der Waals surface area contributed by atoms with Crippen molar-refractivity contribution in [2.75, 3.05) is 19.6 Å². The summed E-state index contributed by atoms with van der Waals surface area (Å²) in [4.78, 5) is 14.7. The molecule has 4 heteroatoms. The molecule has 4 atom stereocenters. The van der Waals surface area contributed by atoms with Gasteiger partial charge in [0, 0.05) is 24.5 Å². The molecule has 1 saturated heterocycles. The first kappa shape index (κ1) is 14.8. The summed E-state index contributed by atoms with van der Waals surface area (Å²) >= 11 is 0. The van der Waals surface area contributed by atoms with Crippen molar-refractivity contribution in [2.45, 2.75) is 58.0 Å². The van der Waals surface area contributed by atoms with E-state index in [0.29, 0.717) is 12.0 Å². The highest BCUT2D eigenvalue weighted by atomic mass is 16.1. The quantitative estimate of drug-likeness (QED) is 0.808. The van der Waals surface area contributed by atoms with Gasteiger partial charge in [0.25, 0.3) is 0 Å². The number of carbonyl (C=O) groups is 1. The van der Waals surface area contributed by atoms with E-state index in [1.165, 1.54) is 25.9 Å². The second-order valence-corrected chi connectivity index (χ2v) is 6.61. The van der Waals surface area contributed by atoms with Crippen LogP contribution in [0.4, 0.5) is 0 Å². The van der Waals surface area contributed by atoms with Gasteiger partial charge in [-0.25, -0.2) is 0 Å². The number of amides is 1. The molecular weight excluding hydrogens is 238 g/mol. The third kappa shape index (κ3) is 4.18. The molecule has 1 aliphatic carbocycles. The zero-order valence-corrected chi connectivity index (χ0v) is 12.4. The Morgan fingerprint density at radius 3 is 2.63 bits per heavy atom. The zero-order valence-electron chi connectivity index (χ0n) is 12.4. The fourth-order valence-corrected chi connectivity index (χ4v) is 3.57. The molecule has 0 aromatic carbocycles. The lowest BCUT2D eigenvalue weighted by molar-refractivity contribution is -0.126. The van der Waals surface area contributed by atoms with Crippen LogP contribution in [0.15, 0.2) is 0 Å². The maximum absolute atomic E-state index is 12.2. The van der Waals surface area contributed by atoms with Crippen LogP contribution >= 0.6 is 0 Å². The lowest BCUT2D eigenvalue weighted by Crippen LogP contribution is -2.45. The summed E-state index contributed by atoms with van der Waals surface area (Å²) in [5.74, 6) is 0.924. The average Bonchev–Trinajstić information content (AvgIpc) is 2.88. The SMILES string of the molecule is CC1CC(N)CC(C(=O)NCC(C)N2CCCC2)C1. The summed E-state index contributed by atoms with van der Waals surface area (Å²) in [5.41, 5.74) is 6.02. The van der Waals surface area contributed by atoms with Crippen LogP contribution in [0.25, 0.3) is 0 Å². The van der Waals surface area contributed by atoms with Crippen LogP contribution in [0.5, 0.6) is 0 Å². The van der Waals surface area contributed by atoms with Crippen molar-refractivity contribution in [1.29, 1.82) is 0 Å². The first-order valence-electron chi connectivity index (χ1n) is 7.83. The molecule has 19 heavy (non-hydrogen) atoms. The zero-order chi connectivity index (χ0) is 13.8. The van der Waals surface area contributed by atoms with Gasteiger partial charge < -0.3 is 11.1 Å². The van der Waals surface area contributed by atoms with Crippen molar-refractivity contribution in [3.8, 4) is 0 Å². The molecule has 0 spiro atoms. The minimum absolute atomic E-state index is 0.129. The van der Waals surface area contributed by atoms with Crippen molar-refractivity contribution in [3.05, 3.63) is 0 Å². The highest BCUT2D eigenvalue weighted by Gasteiger charge is 2.29. The maximum atomic E-state index is 12.2. The van der Waals surface area contributed by atoms with Crippen LogP contribution in [0, 0.1) is 11.8 Å². The molecule has 1 amide bonds. The lowest BCUT2D eigenvalue weighted by atomic mass is 9.79. The number of hydrogen-bond acceptors (Lipinski definition) is 3. The Morgan fingerprint density at radius 2 is 2.00 bits per heavy atom. The van der Waals surface area contributed by atoms with Gasteiger partial charge in [-0.15, -0.1) is 0 Å². The number of rotatable bonds is 4.